The van der Waals surface area contributed by atoms with Gasteiger partial charge < -0.3 is 4.90 Å². The van der Waals surface area contributed by atoms with Gasteiger partial charge in [0.15, 0.2) is 6.29 Å². The lowest BCUT2D eigenvalue weighted by Gasteiger charge is -2.25. The van der Waals surface area contributed by atoms with E-state index in [-0.39, 0.29) is 0 Å². The molecule has 0 amide bonds. The third-order valence-corrected chi connectivity index (χ3v) is 3.22. The van der Waals surface area contributed by atoms with E-state index in [1.165, 1.54) is 0 Å². The summed E-state index contributed by atoms with van der Waals surface area (Å²) in [6, 6.07) is 0. The monoisotopic (exact) mass is 251 g/mol. The number of carbonyl (C=O) groups excluding carboxylic acids is 1. The number of anilines is 1. The Bertz CT molecular complexity index is 377. The van der Waals surface area contributed by atoms with Crippen LogP contribution in [0.3, 0.4) is 0 Å². The fraction of sp³-hybridized carbons (Fsp3) is 0.714. The molecule has 0 atom stereocenters. The zero-order chi connectivity index (χ0) is 13.5. The Kier molecular flexibility index (Phi) is 5.89. The van der Waals surface area contributed by atoms with Crippen LogP contribution in [-0.2, 0) is 7.05 Å². The first kappa shape index (κ1) is 14.7. The van der Waals surface area contributed by atoms with Crippen LogP contribution in [0, 0.1) is 6.92 Å². The first-order valence-electron chi connectivity index (χ1n) is 6.89. The minimum Gasteiger partial charge on any atom is -0.356 e. The molecule has 0 spiro atoms. The lowest BCUT2D eigenvalue weighted by Crippen LogP contribution is -2.28. The Morgan fingerprint density at radius 2 is 1.78 bits per heavy atom. The number of aryl methyl sites for hydroxylation is 2. The Hall–Kier alpha value is -1.32. The molecule has 0 N–H and O–H groups in total. The molecule has 0 saturated heterocycles. The highest BCUT2D eigenvalue weighted by molar-refractivity contribution is 5.84. The summed E-state index contributed by atoms with van der Waals surface area (Å²) in [4.78, 5) is 13.5. The lowest BCUT2D eigenvalue weighted by atomic mass is 10.2. The fourth-order valence-electron chi connectivity index (χ4n) is 2.20. The predicted molar refractivity (Wildman–Crippen MR) is 75.4 cm³/mol. The molecule has 1 aromatic heterocycles. The number of nitrogens with zero attached hydrogens (tertiary/aromatic N) is 3. The van der Waals surface area contributed by atoms with Crippen molar-refractivity contribution in [2.45, 2.75) is 46.5 Å². The van der Waals surface area contributed by atoms with E-state index in [0.717, 1.165) is 62.1 Å². The summed E-state index contributed by atoms with van der Waals surface area (Å²) in [5, 5.41) is 4.36. The molecule has 0 aliphatic rings. The molecule has 0 aliphatic carbocycles. The molecule has 0 aromatic carbocycles. The molecule has 1 rings (SSSR count). The largest absolute Gasteiger partial charge is 0.356 e. The van der Waals surface area contributed by atoms with Gasteiger partial charge in [-0.1, -0.05) is 26.7 Å². The summed E-state index contributed by atoms with van der Waals surface area (Å²) in [5.74, 6) is 0.976. The minimum absolute atomic E-state index is 0.740. The minimum atomic E-state index is 0.740. The van der Waals surface area contributed by atoms with Crippen LogP contribution >= 0.6 is 0 Å². The van der Waals surface area contributed by atoms with E-state index in [0.29, 0.717) is 0 Å². The molecule has 1 heterocycles. The maximum Gasteiger partial charge on any atom is 0.155 e. The Morgan fingerprint density at radius 1 is 1.22 bits per heavy atom. The second kappa shape index (κ2) is 7.19. The van der Waals surface area contributed by atoms with Crippen molar-refractivity contribution >= 4 is 12.1 Å². The van der Waals surface area contributed by atoms with Crippen molar-refractivity contribution in [3.63, 3.8) is 0 Å². The van der Waals surface area contributed by atoms with Gasteiger partial charge in [-0.3, -0.25) is 9.48 Å². The van der Waals surface area contributed by atoms with Crippen molar-refractivity contribution in [2.75, 3.05) is 18.0 Å². The molecular weight excluding hydrogens is 226 g/mol. The Labute approximate surface area is 110 Å². The van der Waals surface area contributed by atoms with Crippen LogP contribution in [0.25, 0.3) is 0 Å². The number of aromatic nitrogens is 2. The first-order chi connectivity index (χ1) is 8.65. The van der Waals surface area contributed by atoms with E-state index in [1.54, 1.807) is 0 Å². The third kappa shape index (κ3) is 3.34. The second-order valence-corrected chi connectivity index (χ2v) is 4.76. The molecule has 0 bridgehead atoms. The van der Waals surface area contributed by atoms with Gasteiger partial charge in [-0.2, -0.15) is 5.10 Å². The van der Waals surface area contributed by atoms with Gasteiger partial charge in [0.25, 0.3) is 0 Å². The van der Waals surface area contributed by atoms with Gasteiger partial charge in [0.1, 0.15) is 5.82 Å². The van der Waals surface area contributed by atoms with Gasteiger partial charge in [-0.25, -0.2) is 0 Å². The fourth-order valence-corrected chi connectivity index (χ4v) is 2.20. The summed E-state index contributed by atoms with van der Waals surface area (Å²) in [7, 11) is 1.92. The molecule has 0 radical (unpaired) electrons. The van der Waals surface area contributed by atoms with Crippen LogP contribution in [0.5, 0.6) is 0 Å². The maximum atomic E-state index is 11.2. The molecule has 1 aromatic rings. The van der Waals surface area contributed by atoms with E-state index < -0.39 is 0 Å². The Morgan fingerprint density at radius 3 is 2.22 bits per heavy atom. The molecule has 0 aliphatic heterocycles. The van der Waals surface area contributed by atoms with E-state index >= 15 is 0 Å². The highest BCUT2D eigenvalue weighted by atomic mass is 16.1. The van der Waals surface area contributed by atoms with Crippen LogP contribution in [-0.4, -0.2) is 29.2 Å². The molecule has 0 unspecified atom stereocenters. The number of aldehydes is 1. The van der Waals surface area contributed by atoms with E-state index in [4.69, 9.17) is 0 Å². The summed E-state index contributed by atoms with van der Waals surface area (Å²) in [5.41, 5.74) is 1.56. The summed E-state index contributed by atoms with van der Waals surface area (Å²) in [6.45, 7) is 8.26. The predicted octanol–water partition coefficient (Wildman–Crippen LogP) is 2.95. The molecule has 4 heteroatoms. The summed E-state index contributed by atoms with van der Waals surface area (Å²) >= 11 is 0. The molecule has 4 nitrogen and oxygen atoms in total. The summed E-state index contributed by atoms with van der Waals surface area (Å²) < 4.78 is 1.84. The van der Waals surface area contributed by atoms with Gasteiger partial charge in [-0.05, 0) is 19.8 Å². The quantitative estimate of drug-likeness (QED) is 0.667. The van der Waals surface area contributed by atoms with Crippen molar-refractivity contribution in [3.8, 4) is 0 Å². The average molecular weight is 251 g/mol. The highest BCUT2D eigenvalue weighted by Gasteiger charge is 2.18. The first-order valence-corrected chi connectivity index (χ1v) is 6.89. The van der Waals surface area contributed by atoms with E-state index in [2.05, 4.69) is 23.8 Å². The van der Waals surface area contributed by atoms with Crippen molar-refractivity contribution < 1.29 is 4.79 Å². The van der Waals surface area contributed by atoms with Crippen LogP contribution in [0.2, 0.25) is 0 Å². The van der Waals surface area contributed by atoms with Crippen LogP contribution in [0.1, 0.15) is 55.6 Å². The zero-order valence-corrected chi connectivity index (χ0v) is 12.1. The normalized spacial score (nSPS) is 10.7. The molecule has 18 heavy (non-hydrogen) atoms. The van der Waals surface area contributed by atoms with E-state index in [1.807, 2.05) is 18.7 Å². The molecular formula is C14H25N3O. The zero-order valence-electron chi connectivity index (χ0n) is 12.1. The van der Waals surface area contributed by atoms with Gasteiger partial charge in [0, 0.05) is 20.1 Å². The van der Waals surface area contributed by atoms with Crippen molar-refractivity contribution in [1.82, 2.24) is 9.78 Å². The number of carbonyl (C=O) groups is 1. The summed E-state index contributed by atoms with van der Waals surface area (Å²) in [6.07, 6.45) is 5.55. The van der Waals surface area contributed by atoms with Gasteiger partial charge in [0.05, 0.1) is 11.3 Å². The highest BCUT2D eigenvalue weighted by Crippen LogP contribution is 2.22. The smallest absolute Gasteiger partial charge is 0.155 e. The number of unbranched alkanes of at least 4 members (excludes halogenated alkanes) is 2. The van der Waals surface area contributed by atoms with Crippen LogP contribution in [0.15, 0.2) is 0 Å². The van der Waals surface area contributed by atoms with Crippen molar-refractivity contribution in [3.05, 3.63) is 11.3 Å². The number of hydrogen-bond acceptors (Lipinski definition) is 3. The van der Waals surface area contributed by atoms with Gasteiger partial charge in [-0.15, -0.1) is 0 Å². The van der Waals surface area contributed by atoms with Crippen molar-refractivity contribution in [1.29, 1.82) is 0 Å². The third-order valence-electron chi connectivity index (χ3n) is 3.22. The lowest BCUT2D eigenvalue weighted by molar-refractivity contribution is 0.112. The van der Waals surface area contributed by atoms with Gasteiger partial charge >= 0.3 is 0 Å². The SMILES string of the molecule is CCCCN(CCCC)c1c(C=O)c(C)nn1C. The second-order valence-electron chi connectivity index (χ2n) is 4.76. The molecule has 102 valence electrons. The number of hydrogen-bond donors (Lipinski definition) is 0. The molecule has 0 fully saturated rings. The van der Waals surface area contributed by atoms with Crippen molar-refractivity contribution in [2.24, 2.45) is 7.05 Å². The van der Waals surface area contributed by atoms with Crippen LogP contribution < -0.4 is 4.90 Å². The number of rotatable bonds is 8. The molecule has 0 saturated carbocycles. The average Bonchev–Trinajstić information content (AvgIpc) is 2.64. The topological polar surface area (TPSA) is 38.1 Å². The Balaban J connectivity index is 2.98. The van der Waals surface area contributed by atoms with Crippen LogP contribution in [0.4, 0.5) is 5.82 Å². The standard InChI is InChI=1S/C14H25N3O/c1-5-7-9-17(10-8-6-2)14-13(11-18)12(3)15-16(14)4/h11H,5-10H2,1-4H3. The maximum absolute atomic E-state index is 11.2. The van der Waals surface area contributed by atoms with E-state index in [9.17, 15) is 4.79 Å². The van der Waals surface area contributed by atoms with Gasteiger partial charge in [0.2, 0.25) is 0 Å².